The summed E-state index contributed by atoms with van der Waals surface area (Å²) < 4.78 is 0. The molecular weight excluding hydrogens is 174 g/mol. The summed E-state index contributed by atoms with van der Waals surface area (Å²) in [6, 6.07) is 0. The van der Waals surface area contributed by atoms with Crippen LogP contribution in [-0.2, 0) is 0 Å². The zero-order valence-corrected chi connectivity index (χ0v) is 8.01. The van der Waals surface area contributed by atoms with Gasteiger partial charge in [0, 0.05) is 6.54 Å². The van der Waals surface area contributed by atoms with E-state index in [2.05, 4.69) is 5.32 Å². The van der Waals surface area contributed by atoms with Crippen LogP contribution in [0.5, 0.6) is 0 Å². The topological polar surface area (TPSA) is 93.0 Å². The molecule has 4 unspecified atom stereocenters. The SMILES string of the molecule is CCNCC(O)C(O)C(O)C(C)O. The highest BCUT2D eigenvalue weighted by atomic mass is 16.4. The first kappa shape index (κ1) is 12.8. The predicted molar refractivity (Wildman–Crippen MR) is 48.2 cm³/mol. The highest BCUT2D eigenvalue weighted by Crippen LogP contribution is 2.03. The van der Waals surface area contributed by atoms with E-state index >= 15 is 0 Å². The Kier molecular flexibility index (Phi) is 6.19. The average Bonchev–Trinajstić information content (AvgIpc) is 2.11. The van der Waals surface area contributed by atoms with Gasteiger partial charge in [-0.15, -0.1) is 0 Å². The lowest BCUT2D eigenvalue weighted by Crippen LogP contribution is -2.47. The van der Waals surface area contributed by atoms with Crippen molar-refractivity contribution < 1.29 is 20.4 Å². The van der Waals surface area contributed by atoms with Crippen molar-refractivity contribution in [3.63, 3.8) is 0 Å². The van der Waals surface area contributed by atoms with Crippen molar-refractivity contribution in [1.29, 1.82) is 0 Å². The van der Waals surface area contributed by atoms with Gasteiger partial charge in [-0.25, -0.2) is 0 Å². The molecule has 0 rings (SSSR count). The summed E-state index contributed by atoms with van der Waals surface area (Å²) in [7, 11) is 0. The van der Waals surface area contributed by atoms with Gasteiger partial charge in [0.1, 0.15) is 12.2 Å². The highest BCUT2D eigenvalue weighted by molar-refractivity contribution is 4.79. The Morgan fingerprint density at radius 3 is 2.00 bits per heavy atom. The summed E-state index contributed by atoms with van der Waals surface area (Å²) >= 11 is 0. The molecule has 0 aromatic rings. The second-order valence-corrected chi connectivity index (χ2v) is 3.10. The molecule has 13 heavy (non-hydrogen) atoms. The molecule has 0 spiro atoms. The summed E-state index contributed by atoms with van der Waals surface area (Å²) in [6.07, 6.45) is -4.75. The maximum absolute atomic E-state index is 9.28. The maximum atomic E-state index is 9.28. The van der Waals surface area contributed by atoms with Gasteiger partial charge < -0.3 is 25.7 Å². The molecule has 0 saturated carbocycles. The molecule has 0 amide bonds. The van der Waals surface area contributed by atoms with Gasteiger partial charge in [0.2, 0.25) is 0 Å². The first-order valence-corrected chi connectivity index (χ1v) is 4.43. The second kappa shape index (κ2) is 6.28. The number of aliphatic hydroxyl groups excluding tert-OH is 4. The molecule has 0 aromatic heterocycles. The number of likely N-dealkylation sites (N-methyl/N-ethyl adjacent to an activating group) is 1. The van der Waals surface area contributed by atoms with Crippen molar-refractivity contribution >= 4 is 0 Å². The fraction of sp³-hybridized carbons (Fsp3) is 1.00. The minimum Gasteiger partial charge on any atom is -0.391 e. The lowest BCUT2D eigenvalue weighted by atomic mass is 10.0. The van der Waals surface area contributed by atoms with E-state index in [9.17, 15) is 15.3 Å². The monoisotopic (exact) mass is 193 g/mol. The Morgan fingerprint density at radius 1 is 1.08 bits per heavy atom. The molecule has 0 aromatic carbocycles. The molecule has 0 heterocycles. The van der Waals surface area contributed by atoms with Crippen LogP contribution in [0.25, 0.3) is 0 Å². The third-order valence-electron chi connectivity index (χ3n) is 1.84. The Bertz CT molecular complexity index is 131. The van der Waals surface area contributed by atoms with E-state index in [1.165, 1.54) is 6.92 Å². The molecule has 0 aliphatic carbocycles. The zero-order valence-electron chi connectivity index (χ0n) is 8.01. The summed E-state index contributed by atoms with van der Waals surface area (Å²) in [6.45, 7) is 4.09. The third kappa shape index (κ3) is 4.54. The minimum atomic E-state index is -1.32. The van der Waals surface area contributed by atoms with Crippen molar-refractivity contribution in [3.8, 4) is 0 Å². The summed E-state index contributed by atoms with van der Waals surface area (Å²) in [5.74, 6) is 0. The van der Waals surface area contributed by atoms with Crippen molar-refractivity contribution in [2.45, 2.75) is 38.3 Å². The van der Waals surface area contributed by atoms with Crippen LogP contribution in [0.3, 0.4) is 0 Å². The van der Waals surface area contributed by atoms with Gasteiger partial charge in [-0.1, -0.05) is 6.92 Å². The van der Waals surface area contributed by atoms with Gasteiger partial charge in [-0.2, -0.15) is 0 Å². The number of hydrogen-bond donors (Lipinski definition) is 5. The first-order valence-electron chi connectivity index (χ1n) is 4.43. The van der Waals surface area contributed by atoms with Gasteiger partial charge in [0.25, 0.3) is 0 Å². The fourth-order valence-corrected chi connectivity index (χ4v) is 0.926. The molecule has 5 heteroatoms. The standard InChI is InChI=1S/C8H19NO4/c1-3-9-4-6(11)8(13)7(12)5(2)10/h5-13H,3-4H2,1-2H3. The summed E-state index contributed by atoms with van der Waals surface area (Å²) in [4.78, 5) is 0. The molecule has 4 atom stereocenters. The van der Waals surface area contributed by atoms with E-state index in [4.69, 9.17) is 5.11 Å². The zero-order chi connectivity index (χ0) is 10.4. The van der Waals surface area contributed by atoms with Crippen molar-refractivity contribution in [2.24, 2.45) is 0 Å². The molecule has 0 bridgehead atoms. The van der Waals surface area contributed by atoms with E-state index in [0.717, 1.165) is 0 Å². The van der Waals surface area contributed by atoms with Gasteiger partial charge in [0.05, 0.1) is 12.2 Å². The fourth-order valence-electron chi connectivity index (χ4n) is 0.926. The van der Waals surface area contributed by atoms with Crippen LogP contribution in [0.2, 0.25) is 0 Å². The Hall–Kier alpha value is -0.200. The van der Waals surface area contributed by atoms with E-state index in [1.54, 1.807) is 0 Å². The predicted octanol–water partition coefficient (Wildman–Crippen LogP) is -1.94. The molecule has 0 radical (unpaired) electrons. The molecule has 0 aliphatic rings. The van der Waals surface area contributed by atoms with Crippen molar-refractivity contribution in [3.05, 3.63) is 0 Å². The molecule has 5 nitrogen and oxygen atoms in total. The molecule has 5 N–H and O–H groups in total. The van der Waals surface area contributed by atoms with Crippen LogP contribution >= 0.6 is 0 Å². The first-order chi connectivity index (χ1) is 6.00. The van der Waals surface area contributed by atoms with Crippen LogP contribution in [0.15, 0.2) is 0 Å². The average molecular weight is 193 g/mol. The van der Waals surface area contributed by atoms with Crippen LogP contribution in [-0.4, -0.2) is 57.9 Å². The summed E-state index contributed by atoms with van der Waals surface area (Å²) in [5, 5.41) is 39.5. The molecule has 80 valence electrons. The van der Waals surface area contributed by atoms with Crippen molar-refractivity contribution in [1.82, 2.24) is 5.32 Å². The maximum Gasteiger partial charge on any atom is 0.109 e. The van der Waals surface area contributed by atoms with Gasteiger partial charge in [0.15, 0.2) is 0 Å². The van der Waals surface area contributed by atoms with E-state index < -0.39 is 24.4 Å². The molecule has 0 aliphatic heterocycles. The van der Waals surface area contributed by atoms with Gasteiger partial charge in [-0.3, -0.25) is 0 Å². The van der Waals surface area contributed by atoms with E-state index in [0.29, 0.717) is 6.54 Å². The van der Waals surface area contributed by atoms with Gasteiger partial charge in [-0.05, 0) is 13.5 Å². The number of aliphatic hydroxyl groups is 4. The van der Waals surface area contributed by atoms with Crippen LogP contribution in [0.4, 0.5) is 0 Å². The lowest BCUT2D eigenvalue weighted by molar-refractivity contribution is -0.0985. The van der Waals surface area contributed by atoms with Crippen LogP contribution in [0.1, 0.15) is 13.8 Å². The smallest absolute Gasteiger partial charge is 0.109 e. The van der Waals surface area contributed by atoms with Crippen LogP contribution in [0, 0.1) is 0 Å². The van der Waals surface area contributed by atoms with Gasteiger partial charge >= 0.3 is 0 Å². The van der Waals surface area contributed by atoms with E-state index in [-0.39, 0.29) is 6.54 Å². The van der Waals surface area contributed by atoms with Crippen LogP contribution < -0.4 is 5.32 Å². The number of rotatable bonds is 6. The third-order valence-corrected chi connectivity index (χ3v) is 1.84. The highest BCUT2D eigenvalue weighted by Gasteiger charge is 2.27. The number of hydrogen-bond acceptors (Lipinski definition) is 5. The molecule has 0 fully saturated rings. The number of nitrogens with one attached hydrogen (secondary N) is 1. The Morgan fingerprint density at radius 2 is 1.62 bits per heavy atom. The van der Waals surface area contributed by atoms with E-state index in [1.807, 2.05) is 6.92 Å². The quantitative estimate of drug-likeness (QED) is 0.338. The van der Waals surface area contributed by atoms with Crippen molar-refractivity contribution in [2.75, 3.05) is 13.1 Å². The molecular formula is C8H19NO4. The Balaban J connectivity index is 3.86. The second-order valence-electron chi connectivity index (χ2n) is 3.10. The lowest BCUT2D eigenvalue weighted by Gasteiger charge is -2.24. The normalized spacial score (nSPS) is 20.8. The minimum absolute atomic E-state index is 0.196. The summed E-state index contributed by atoms with van der Waals surface area (Å²) in [5.41, 5.74) is 0. The molecule has 0 saturated heterocycles. The Labute approximate surface area is 78.0 Å². The largest absolute Gasteiger partial charge is 0.391 e.